The molecule has 0 atom stereocenters. The second kappa shape index (κ2) is 4.88. The van der Waals surface area contributed by atoms with Gasteiger partial charge in [-0.2, -0.15) is 0 Å². The molecule has 1 aliphatic heterocycles. The molecular formula is C14H18O3. The van der Waals surface area contributed by atoms with Gasteiger partial charge in [0.25, 0.3) is 0 Å². The molecule has 1 heterocycles. The summed E-state index contributed by atoms with van der Waals surface area (Å²) in [4.78, 5) is 11.1. The van der Waals surface area contributed by atoms with Crippen LogP contribution in [0.25, 0.3) is 0 Å². The minimum Gasteiger partial charge on any atom is -0.481 e. The molecule has 0 saturated carbocycles. The predicted molar refractivity (Wildman–Crippen MR) is 65.2 cm³/mol. The number of ether oxygens (including phenoxy) is 1. The Morgan fingerprint density at radius 2 is 1.88 bits per heavy atom. The van der Waals surface area contributed by atoms with Gasteiger partial charge >= 0.3 is 5.97 Å². The van der Waals surface area contributed by atoms with Crippen LogP contribution in [0.3, 0.4) is 0 Å². The average Bonchev–Trinajstić information content (AvgIpc) is 2.30. The Hall–Kier alpha value is -1.35. The number of hydrogen-bond donors (Lipinski definition) is 1. The summed E-state index contributed by atoms with van der Waals surface area (Å²) in [6.07, 6.45) is 1.78. The summed E-state index contributed by atoms with van der Waals surface area (Å²) in [7, 11) is 0. The largest absolute Gasteiger partial charge is 0.481 e. The highest BCUT2D eigenvalue weighted by Gasteiger charge is 2.36. The zero-order valence-electron chi connectivity index (χ0n) is 10.1. The van der Waals surface area contributed by atoms with Crippen molar-refractivity contribution in [3.05, 3.63) is 35.4 Å². The van der Waals surface area contributed by atoms with Crippen molar-refractivity contribution in [1.29, 1.82) is 0 Å². The lowest BCUT2D eigenvalue weighted by molar-refractivity contribution is -0.139. The highest BCUT2D eigenvalue weighted by atomic mass is 16.5. The van der Waals surface area contributed by atoms with Gasteiger partial charge in [0.1, 0.15) is 0 Å². The fourth-order valence-corrected chi connectivity index (χ4v) is 2.53. The Labute approximate surface area is 101 Å². The van der Waals surface area contributed by atoms with Crippen LogP contribution in [0.2, 0.25) is 0 Å². The third-order valence-corrected chi connectivity index (χ3v) is 3.60. The van der Waals surface area contributed by atoms with Crippen LogP contribution in [0.15, 0.2) is 24.3 Å². The zero-order valence-corrected chi connectivity index (χ0v) is 10.1. The van der Waals surface area contributed by atoms with Gasteiger partial charge in [-0.25, -0.2) is 0 Å². The van der Waals surface area contributed by atoms with E-state index in [-0.39, 0.29) is 11.8 Å². The Morgan fingerprint density at radius 1 is 1.29 bits per heavy atom. The number of hydrogen-bond acceptors (Lipinski definition) is 2. The van der Waals surface area contributed by atoms with E-state index in [0.717, 1.165) is 18.4 Å². The van der Waals surface area contributed by atoms with E-state index in [1.54, 1.807) is 0 Å². The van der Waals surface area contributed by atoms with E-state index >= 15 is 0 Å². The second-order valence-electron chi connectivity index (χ2n) is 4.83. The van der Waals surface area contributed by atoms with Gasteiger partial charge in [-0.1, -0.05) is 29.8 Å². The summed E-state index contributed by atoms with van der Waals surface area (Å²) < 4.78 is 5.36. The third-order valence-electron chi connectivity index (χ3n) is 3.60. The smallest absolute Gasteiger partial charge is 0.304 e. The van der Waals surface area contributed by atoms with Crippen LogP contribution in [0.5, 0.6) is 0 Å². The predicted octanol–water partition coefficient (Wildman–Crippen LogP) is 2.52. The molecular weight excluding hydrogens is 216 g/mol. The molecule has 3 heteroatoms. The van der Waals surface area contributed by atoms with Gasteiger partial charge in [-0.15, -0.1) is 0 Å². The number of aliphatic carboxylic acids is 1. The fraction of sp³-hybridized carbons (Fsp3) is 0.500. The molecule has 0 bridgehead atoms. The first-order valence-corrected chi connectivity index (χ1v) is 5.99. The van der Waals surface area contributed by atoms with E-state index < -0.39 is 5.97 Å². The monoisotopic (exact) mass is 234 g/mol. The molecule has 17 heavy (non-hydrogen) atoms. The number of rotatable bonds is 3. The molecule has 0 aromatic heterocycles. The molecule has 0 amide bonds. The van der Waals surface area contributed by atoms with Gasteiger partial charge in [-0.3, -0.25) is 4.79 Å². The van der Waals surface area contributed by atoms with Crippen molar-refractivity contribution in [2.24, 2.45) is 0 Å². The van der Waals surface area contributed by atoms with Crippen LogP contribution in [-0.2, 0) is 14.9 Å². The summed E-state index contributed by atoms with van der Waals surface area (Å²) in [6, 6.07) is 8.22. The first-order chi connectivity index (χ1) is 8.12. The lowest BCUT2D eigenvalue weighted by Crippen LogP contribution is -2.36. The topological polar surface area (TPSA) is 46.5 Å². The van der Waals surface area contributed by atoms with Crippen LogP contribution >= 0.6 is 0 Å². The number of carboxylic acid groups (broad SMARTS) is 1. The summed E-state index contributed by atoms with van der Waals surface area (Å²) in [6.45, 7) is 3.35. The summed E-state index contributed by atoms with van der Waals surface area (Å²) in [5.74, 6) is -0.729. The normalized spacial score (nSPS) is 18.9. The zero-order chi connectivity index (χ0) is 12.3. The highest BCUT2D eigenvalue weighted by Crippen LogP contribution is 2.38. The molecule has 3 nitrogen and oxygen atoms in total. The minimum absolute atomic E-state index is 0.194. The average molecular weight is 234 g/mol. The number of carboxylic acids is 1. The van der Waals surface area contributed by atoms with Crippen molar-refractivity contribution >= 4 is 5.97 Å². The summed E-state index contributed by atoms with van der Waals surface area (Å²) in [5.41, 5.74) is 2.10. The Morgan fingerprint density at radius 3 is 2.41 bits per heavy atom. The molecule has 0 radical (unpaired) electrons. The van der Waals surface area contributed by atoms with Gasteiger partial charge in [0.2, 0.25) is 0 Å². The molecule has 1 saturated heterocycles. The Kier molecular flexibility index (Phi) is 3.48. The van der Waals surface area contributed by atoms with Crippen LogP contribution in [0, 0.1) is 6.92 Å². The van der Waals surface area contributed by atoms with E-state index in [1.807, 2.05) is 19.1 Å². The van der Waals surface area contributed by atoms with Crippen LogP contribution in [-0.4, -0.2) is 24.3 Å². The maximum Gasteiger partial charge on any atom is 0.304 e. The van der Waals surface area contributed by atoms with E-state index in [0.29, 0.717) is 13.2 Å². The SMILES string of the molecule is Cc1ccc(C2(CC(=O)O)CCOCC2)cc1. The molecule has 0 spiro atoms. The van der Waals surface area contributed by atoms with Crippen molar-refractivity contribution in [3.8, 4) is 0 Å². The fourth-order valence-electron chi connectivity index (χ4n) is 2.53. The first kappa shape index (κ1) is 12.1. The van der Waals surface area contributed by atoms with Gasteiger partial charge < -0.3 is 9.84 Å². The van der Waals surface area contributed by atoms with Crippen molar-refractivity contribution in [2.75, 3.05) is 13.2 Å². The molecule has 1 fully saturated rings. The van der Waals surface area contributed by atoms with Crippen LogP contribution < -0.4 is 0 Å². The van der Waals surface area contributed by atoms with Crippen molar-refractivity contribution < 1.29 is 14.6 Å². The molecule has 92 valence electrons. The molecule has 0 aliphatic carbocycles. The lowest BCUT2D eigenvalue weighted by Gasteiger charge is -2.36. The second-order valence-corrected chi connectivity index (χ2v) is 4.83. The number of carbonyl (C=O) groups is 1. The maximum atomic E-state index is 11.1. The summed E-state index contributed by atoms with van der Waals surface area (Å²) in [5, 5.41) is 9.11. The summed E-state index contributed by atoms with van der Waals surface area (Å²) >= 11 is 0. The van der Waals surface area contributed by atoms with Gasteiger partial charge in [0, 0.05) is 18.6 Å². The van der Waals surface area contributed by atoms with Crippen LogP contribution in [0.1, 0.15) is 30.4 Å². The first-order valence-electron chi connectivity index (χ1n) is 5.99. The van der Waals surface area contributed by atoms with Crippen molar-refractivity contribution in [2.45, 2.75) is 31.6 Å². The Bertz CT molecular complexity index is 388. The highest BCUT2D eigenvalue weighted by molar-refractivity contribution is 5.69. The molecule has 1 aromatic carbocycles. The molecule has 0 unspecified atom stereocenters. The number of benzene rings is 1. The van der Waals surface area contributed by atoms with E-state index in [1.165, 1.54) is 5.56 Å². The van der Waals surface area contributed by atoms with Crippen molar-refractivity contribution in [3.63, 3.8) is 0 Å². The minimum atomic E-state index is -0.729. The lowest BCUT2D eigenvalue weighted by atomic mass is 9.71. The van der Waals surface area contributed by atoms with Gasteiger partial charge in [0.05, 0.1) is 6.42 Å². The standard InChI is InChI=1S/C14H18O3/c1-11-2-4-12(5-3-11)14(10-13(15)16)6-8-17-9-7-14/h2-5H,6-10H2,1H3,(H,15,16). The quantitative estimate of drug-likeness (QED) is 0.874. The molecule has 1 N–H and O–H groups in total. The molecule has 1 aromatic rings. The van der Waals surface area contributed by atoms with E-state index in [9.17, 15) is 4.79 Å². The maximum absolute atomic E-state index is 11.1. The van der Waals surface area contributed by atoms with Gasteiger partial charge in [0.15, 0.2) is 0 Å². The van der Waals surface area contributed by atoms with Gasteiger partial charge in [-0.05, 0) is 25.3 Å². The Balaban J connectivity index is 2.31. The van der Waals surface area contributed by atoms with E-state index in [2.05, 4.69) is 12.1 Å². The van der Waals surface area contributed by atoms with Crippen molar-refractivity contribution in [1.82, 2.24) is 0 Å². The van der Waals surface area contributed by atoms with Crippen LogP contribution in [0.4, 0.5) is 0 Å². The molecule has 2 rings (SSSR count). The third kappa shape index (κ3) is 2.67. The molecule has 1 aliphatic rings. The van der Waals surface area contributed by atoms with E-state index in [4.69, 9.17) is 9.84 Å². The number of aryl methyl sites for hydroxylation is 1.